The van der Waals surface area contributed by atoms with Crippen molar-refractivity contribution in [3.63, 3.8) is 0 Å². The van der Waals surface area contributed by atoms with Gasteiger partial charge in [0.1, 0.15) is 12.1 Å². The monoisotopic (exact) mass is 352 g/mol. The summed E-state index contributed by atoms with van der Waals surface area (Å²) in [6.07, 6.45) is 4.17. The largest absolute Gasteiger partial charge is 0.269 e. The molecule has 1 aromatic heterocycles. The predicted octanol–water partition coefficient (Wildman–Crippen LogP) is 1.28. The predicted molar refractivity (Wildman–Crippen MR) is 90.2 cm³/mol. The molecule has 0 radical (unpaired) electrons. The Hall–Kier alpha value is -3.88. The number of hydrogen-bond donors (Lipinski definition) is 2. The fourth-order valence-electron chi connectivity index (χ4n) is 2.02. The van der Waals surface area contributed by atoms with E-state index >= 15 is 0 Å². The third kappa shape index (κ3) is 4.35. The lowest BCUT2D eigenvalue weighted by molar-refractivity contribution is -0.117. The molecule has 2 aromatic carbocycles. The van der Waals surface area contributed by atoms with Crippen LogP contribution in [0.3, 0.4) is 0 Å². The summed E-state index contributed by atoms with van der Waals surface area (Å²) >= 11 is 0. The molecule has 130 valence electrons. The topological polar surface area (TPSA) is 102 Å². The van der Waals surface area contributed by atoms with Gasteiger partial charge < -0.3 is 0 Å². The molecule has 0 aliphatic carbocycles. The normalized spacial score (nSPS) is 10.7. The van der Waals surface area contributed by atoms with Gasteiger partial charge in [-0.2, -0.15) is 0 Å². The number of halogens is 1. The van der Waals surface area contributed by atoms with Gasteiger partial charge in [0.15, 0.2) is 0 Å². The Morgan fingerprint density at radius 1 is 1.00 bits per heavy atom. The number of hydrogen-bond acceptors (Lipinski definition) is 5. The number of hydrazine groups is 1. The number of amides is 2. The number of carbonyl (C=O) groups is 2. The Balaban J connectivity index is 1.53. The van der Waals surface area contributed by atoms with Crippen molar-refractivity contribution in [1.29, 1.82) is 0 Å². The molecule has 9 heteroatoms. The standard InChI is InChI=1S/C17H13FN6O2/c18-14-6-1-12(2-7-14)3-10-16(25)20-21-17(26)13-4-8-15(9-5-13)24-11-19-22-23-24/h1-11H,(H,20,25)(H,21,26)/b10-3+. The van der Waals surface area contributed by atoms with Crippen molar-refractivity contribution in [3.8, 4) is 5.69 Å². The second-order valence-electron chi connectivity index (χ2n) is 5.13. The maximum absolute atomic E-state index is 12.8. The summed E-state index contributed by atoms with van der Waals surface area (Å²) in [5, 5.41) is 10.8. The van der Waals surface area contributed by atoms with E-state index in [2.05, 4.69) is 26.4 Å². The van der Waals surface area contributed by atoms with Crippen LogP contribution in [0.5, 0.6) is 0 Å². The van der Waals surface area contributed by atoms with Crippen LogP contribution >= 0.6 is 0 Å². The van der Waals surface area contributed by atoms with E-state index in [4.69, 9.17) is 0 Å². The zero-order valence-electron chi connectivity index (χ0n) is 13.3. The molecule has 0 spiro atoms. The van der Waals surface area contributed by atoms with Crippen LogP contribution < -0.4 is 10.9 Å². The SMILES string of the molecule is O=C(/C=C/c1ccc(F)cc1)NNC(=O)c1ccc(-n2cnnn2)cc1. The lowest BCUT2D eigenvalue weighted by Crippen LogP contribution is -2.40. The zero-order chi connectivity index (χ0) is 18.4. The van der Waals surface area contributed by atoms with Crippen LogP contribution in [0.2, 0.25) is 0 Å². The zero-order valence-corrected chi connectivity index (χ0v) is 13.3. The Kier molecular flexibility index (Phi) is 5.08. The number of carbonyl (C=O) groups excluding carboxylic acids is 2. The summed E-state index contributed by atoms with van der Waals surface area (Å²) in [7, 11) is 0. The third-order valence-corrected chi connectivity index (χ3v) is 3.34. The molecular weight excluding hydrogens is 339 g/mol. The molecule has 0 unspecified atom stereocenters. The highest BCUT2D eigenvalue weighted by molar-refractivity contribution is 5.98. The first-order valence-corrected chi connectivity index (χ1v) is 7.49. The molecule has 1 heterocycles. The van der Waals surface area contributed by atoms with Gasteiger partial charge in [0, 0.05) is 11.6 Å². The minimum Gasteiger partial charge on any atom is -0.268 e. The molecule has 0 aliphatic rings. The van der Waals surface area contributed by atoms with E-state index in [1.807, 2.05) is 0 Å². The second kappa shape index (κ2) is 7.79. The highest BCUT2D eigenvalue weighted by Crippen LogP contribution is 2.07. The van der Waals surface area contributed by atoms with Crippen molar-refractivity contribution < 1.29 is 14.0 Å². The Morgan fingerprint density at radius 2 is 1.73 bits per heavy atom. The minimum absolute atomic E-state index is 0.352. The molecule has 0 bridgehead atoms. The molecule has 0 atom stereocenters. The fourth-order valence-corrected chi connectivity index (χ4v) is 2.02. The molecule has 3 rings (SSSR count). The maximum atomic E-state index is 12.8. The Labute approximate surface area is 147 Å². The molecule has 8 nitrogen and oxygen atoms in total. The average molecular weight is 352 g/mol. The number of benzene rings is 2. The van der Waals surface area contributed by atoms with Gasteiger partial charge in [-0.15, -0.1) is 5.10 Å². The van der Waals surface area contributed by atoms with Gasteiger partial charge in [-0.25, -0.2) is 9.07 Å². The summed E-state index contributed by atoms with van der Waals surface area (Å²) in [5.74, 6) is -1.35. The van der Waals surface area contributed by atoms with Crippen LogP contribution in [-0.4, -0.2) is 32.0 Å². The van der Waals surface area contributed by atoms with E-state index in [1.54, 1.807) is 24.3 Å². The van der Waals surface area contributed by atoms with Crippen LogP contribution in [0.15, 0.2) is 60.9 Å². The summed E-state index contributed by atoms with van der Waals surface area (Å²) in [4.78, 5) is 23.7. The van der Waals surface area contributed by atoms with Crippen molar-refractivity contribution in [2.45, 2.75) is 0 Å². The van der Waals surface area contributed by atoms with Crippen molar-refractivity contribution in [2.24, 2.45) is 0 Å². The number of aromatic nitrogens is 4. The number of nitrogens with one attached hydrogen (secondary N) is 2. The Bertz CT molecular complexity index is 921. The van der Waals surface area contributed by atoms with E-state index < -0.39 is 11.8 Å². The van der Waals surface area contributed by atoms with Gasteiger partial charge in [0.25, 0.3) is 11.8 Å². The molecule has 0 saturated heterocycles. The van der Waals surface area contributed by atoms with Crippen molar-refractivity contribution >= 4 is 17.9 Å². The molecule has 3 aromatic rings. The van der Waals surface area contributed by atoms with Crippen LogP contribution in [-0.2, 0) is 4.79 Å². The lowest BCUT2D eigenvalue weighted by Gasteiger charge is -2.06. The maximum Gasteiger partial charge on any atom is 0.269 e. The van der Waals surface area contributed by atoms with Gasteiger partial charge in [0.2, 0.25) is 0 Å². The molecule has 0 saturated carbocycles. The van der Waals surface area contributed by atoms with E-state index in [1.165, 1.54) is 47.4 Å². The van der Waals surface area contributed by atoms with Gasteiger partial charge in [-0.05, 0) is 58.5 Å². The fraction of sp³-hybridized carbons (Fsp3) is 0. The third-order valence-electron chi connectivity index (χ3n) is 3.34. The Morgan fingerprint density at radius 3 is 2.38 bits per heavy atom. The van der Waals surface area contributed by atoms with Gasteiger partial charge in [-0.3, -0.25) is 20.4 Å². The number of tetrazole rings is 1. The molecule has 0 aliphatic heterocycles. The summed E-state index contributed by atoms with van der Waals surface area (Å²) in [6, 6.07) is 12.1. The van der Waals surface area contributed by atoms with Crippen molar-refractivity contribution in [1.82, 2.24) is 31.1 Å². The van der Waals surface area contributed by atoms with Crippen LogP contribution in [0.1, 0.15) is 15.9 Å². The minimum atomic E-state index is -0.520. The molecule has 0 fully saturated rings. The molecule has 26 heavy (non-hydrogen) atoms. The quantitative estimate of drug-likeness (QED) is 0.544. The molecule has 2 N–H and O–H groups in total. The summed E-state index contributed by atoms with van der Waals surface area (Å²) < 4.78 is 14.2. The first-order chi connectivity index (χ1) is 12.6. The van der Waals surface area contributed by atoms with Gasteiger partial charge in [-0.1, -0.05) is 12.1 Å². The number of rotatable bonds is 4. The lowest BCUT2D eigenvalue weighted by atomic mass is 10.2. The van der Waals surface area contributed by atoms with E-state index in [0.29, 0.717) is 16.8 Å². The van der Waals surface area contributed by atoms with Crippen LogP contribution in [0.4, 0.5) is 4.39 Å². The molecule has 2 amide bonds. The van der Waals surface area contributed by atoms with E-state index in [9.17, 15) is 14.0 Å². The smallest absolute Gasteiger partial charge is 0.268 e. The van der Waals surface area contributed by atoms with Gasteiger partial charge in [0.05, 0.1) is 5.69 Å². The van der Waals surface area contributed by atoms with Gasteiger partial charge >= 0.3 is 0 Å². The summed E-state index contributed by atoms with van der Waals surface area (Å²) in [5.41, 5.74) is 6.27. The van der Waals surface area contributed by atoms with Crippen LogP contribution in [0, 0.1) is 5.82 Å². The first kappa shape index (κ1) is 17.0. The highest BCUT2D eigenvalue weighted by atomic mass is 19.1. The highest BCUT2D eigenvalue weighted by Gasteiger charge is 2.07. The van der Waals surface area contributed by atoms with Crippen LogP contribution in [0.25, 0.3) is 11.8 Å². The summed E-state index contributed by atoms with van der Waals surface area (Å²) in [6.45, 7) is 0. The molecular formula is C17H13FN6O2. The second-order valence-corrected chi connectivity index (χ2v) is 5.13. The average Bonchev–Trinajstić information content (AvgIpc) is 3.20. The van der Waals surface area contributed by atoms with E-state index in [-0.39, 0.29) is 5.82 Å². The van der Waals surface area contributed by atoms with Crippen molar-refractivity contribution in [2.75, 3.05) is 0 Å². The first-order valence-electron chi connectivity index (χ1n) is 7.49. The van der Waals surface area contributed by atoms with E-state index in [0.717, 1.165) is 0 Å². The number of nitrogens with zero attached hydrogens (tertiary/aromatic N) is 4. The van der Waals surface area contributed by atoms with Crippen molar-refractivity contribution in [3.05, 3.63) is 77.9 Å².